The molecule has 2 rings (SSSR count). The number of hydrogen-bond donors (Lipinski definition) is 3. The van der Waals surface area contributed by atoms with Gasteiger partial charge in [-0.1, -0.05) is 12.1 Å². The van der Waals surface area contributed by atoms with Crippen LogP contribution in [0.1, 0.15) is 57.5 Å². The molecule has 9 nitrogen and oxygen atoms in total. The molecule has 0 radical (unpaired) electrons. The van der Waals surface area contributed by atoms with Crippen LogP contribution in [0.3, 0.4) is 0 Å². The molecule has 1 heterocycles. The number of nitrogens with one attached hydrogen (secondary N) is 3. The van der Waals surface area contributed by atoms with Crippen molar-refractivity contribution in [3.63, 3.8) is 0 Å². The summed E-state index contributed by atoms with van der Waals surface area (Å²) in [5.41, 5.74) is 0.161. The number of aliphatic imine (C=N–C) groups is 1. The van der Waals surface area contributed by atoms with Crippen molar-refractivity contribution in [2.24, 2.45) is 4.99 Å². The van der Waals surface area contributed by atoms with E-state index in [2.05, 4.69) is 20.9 Å². The molecule has 0 aliphatic carbocycles. The first-order chi connectivity index (χ1) is 14.9. The number of ether oxygens (including phenoxy) is 2. The average molecular weight is 448 g/mol. The average Bonchev–Trinajstić information content (AvgIpc) is 2.94. The standard InChI is InChI=1S/C23H37N5O4/c1-15-18(28(23(5,6)31-15)21(30)32-22(2,3)4)14-27-20(25-8)26-13-16-10-9-11-17(12-16)19(29)24-7/h9-12,15,18H,13-14H2,1-8H3,(H,24,29)(H2,25,26,27). The van der Waals surface area contributed by atoms with E-state index in [0.717, 1.165) is 5.56 Å². The van der Waals surface area contributed by atoms with E-state index in [1.165, 1.54) is 0 Å². The van der Waals surface area contributed by atoms with Crippen molar-refractivity contribution in [3.05, 3.63) is 35.4 Å². The molecule has 178 valence electrons. The third-order valence-electron chi connectivity index (χ3n) is 5.10. The molecule has 0 aromatic heterocycles. The van der Waals surface area contributed by atoms with Gasteiger partial charge in [0, 0.05) is 32.7 Å². The minimum Gasteiger partial charge on any atom is -0.444 e. The Balaban J connectivity index is 2.03. The van der Waals surface area contributed by atoms with Gasteiger partial charge in [0.1, 0.15) is 11.3 Å². The van der Waals surface area contributed by atoms with Gasteiger partial charge in [0.2, 0.25) is 0 Å². The van der Waals surface area contributed by atoms with Gasteiger partial charge in [-0.3, -0.25) is 14.7 Å². The number of guanidine groups is 1. The van der Waals surface area contributed by atoms with Crippen LogP contribution in [0.4, 0.5) is 4.79 Å². The first-order valence-corrected chi connectivity index (χ1v) is 10.8. The van der Waals surface area contributed by atoms with E-state index in [1.54, 1.807) is 25.1 Å². The van der Waals surface area contributed by atoms with E-state index >= 15 is 0 Å². The summed E-state index contributed by atoms with van der Waals surface area (Å²) < 4.78 is 11.7. The molecular weight excluding hydrogens is 410 g/mol. The maximum Gasteiger partial charge on any atom is 0.412 e. The lowest BCUT2D eigenvalue weighted by Crippen LogP contribution is -2.54. The van der Waals surface area contributed by atoms with Crippen LogP contribution in [0, 0.1) is 0 Å². The van der Waals surface area contributed by atoms with E-state index in [0.29, 0.717) is 24.6 Å². The highest BCUT2D eigenvalue weighted by atomic mass is 16.6. The first-order valence-electron chi connectivity index (χ1n) is 10.8. The molecule has 1 saturated heterocycles. The quantitative estimate of drug-likeness (QED) is 0.473. The molecule has 0 spiro atoms. The van der Waals surface area contributed by atoms with Crippen molar-refractivity contribution in [1.82, 2.24) is 20.9 Å². The van der Waals surface area contributed by atoms with E-state index < -0.39 is 17.4 Å². The van der Waals surface area contributed by atoms with Crippen LogP contribution in [0.15, 0.2) is 29.3 Å². The van der Waals surface area contributed by atoms with Crippen molar-refractivity contribution in [1.29, 1.82) is 0 Å². The predicted molar refractivity (Wildman–Crippen MR) is 125 cm³/mol. The molecule has 2 amide bonds. The van der Waals surface area contributed by atoms with Crippen LogP contribution in [0.2, 0.25) is 0 Å². The number of carbonyl (C=O) groups excluding carboxylic acids is 2. The maximum absolute atomic E-state index is 12.9. The summed E-state index contributed by atoms with van der Waals surface area (Å²) in [7, 11) is 3.29. The van der Waals surface area contributed by atoms with Crippen molar-refractivity contribution >= 4 is 18.0 Å². The highest BCUT2D eigenvalue weighted by molar-refractivity contribution is 5.94. The van der Waals surface area contributed by atoms with Gasteiger partial charge in [0.25, 0.3) is 5.91 Å². The molecule has 0 bridgehead atoms. The number of carbonyl (C=O) groups is 2. The fourth-order valence-electron chi connectivity index (χ4n) is 3.70. The summed E-state index contributed by atoms with van der Waals surface area (Å²) in [5, 5.41) is 9.14. The van der Waals surface area contributed by atoms with Gasteiger partial charge in [-0.05, 0) is 59.2 Å². The Hall–Kier alpha value is -2.81. The third-order valence-corrected chi connectivity index (χ3v) is 5.10. The number of amides is 2. The van der Waals surface area contributed by atoms with Crippen molar-refractivity contribution < 1.29 is 19.1 Å². The van der Waals surface area contributed by atoms with E-state index in [1.807, 2.05) is 59.7 Å². The van der Waals surface area contributed by atoms with Crippen molar-refractivity contribution in [2.75, 3.05) is 20.6 Å². The Morgan fingerprint density at radius 3 is 2.53 bits per heavy atom. The third kappa shape index (κ3) is 6.59. The summed E-state index contributed by atoms with van der Waals surface area (Å²) in [6, 6.07) is 7.14. The molecule has 2 atom stereocenters. The normalized spacial score (nSPS) is 20.6. The lowest BCUT2D eigenvalue weighted by atomic mass is 10.1. The van der Waals surface area contributed by atoms with Gasteiger partial charge in [-0.2, -0.15) is 0 Å². The Kier molecular flexibility index (Phi) is 8.12. The molecule has 32 heavy (non-hydrogen) atoms. The van der Waals surface area contributed by atoms with Crippen LogP contribution in [-0.2, 0) is 16.0 Å². The van der Waals surface area contributed by atoms with Crippen LogP contribution < -0.4 is 16.0 Å². The van der Waals surface area contributed by atoms with Crippen LogP contribution in [-0.4, -0.2) is 67.0 Å². The summed E-state index contributed by atoms with van der Waals surface area (Å²) in [6.07, 6.45) is -0.597. The number of hydrogen-bond acceptors (Lipinski definition) is 5. The summed E-state index contributed by atoms with van der Waals surface area (Å²) in [6.45, 7) is 12.1. The monoisotopic (exact) mass is 447 g/mol. The van der Waals surface area contributed by atoms with Crippen LogP contribution in [0.25, 0.3) is 0 Å². The lowest BCUT2D eigenvalue weighted by molar-refractivity contribution is -0.0755. The lowest BCUT2D eigenvalue weighted by Gasteiger charge is -2.35. The van der Waals surface area contributed by atoms with Gasteiger partial charge in [-0.25, -0.2) is 4.79 Å². The smallest absolute Gasteiger partial charge is 0.412 e. The molecule has 3 N–H and O–H groups in total. The largest absolute Gasteiger partial charge is 0.444 e. The SMILES string of the molecule is CN=C(NCc1cccc(C(=O)NC)c1)NCC1C(C)OC(C)(C)N1C(=O)OC(C)(C)C. The highest BCUT2D eigenvalue weighted by Gasteiger charge is 2.49. The summed E-state index contributed by atoms with van der Waals surface area (Å²) in [4.78, 5) is 30.6. The Bertz CT molecular complexity index is 847. The van der Waals surface area contributed by atoms with Crippen molar-refractivity contribution in [3.8, 4) is 0 Å². The minimum absolute atomic E-state index is 0.130. The maximum atomic E-state index is 12.9. The molecule has 1 aromatic rings. The second kappa shape index (κ2) is 10.2. The Morgan fingerprint density at radius 1 is 1.25 bits per heavy atom. The van der Waals surface area contributed by atoms with E-state index in [9.17, 15) is 9.59 Å². The second-order valence-electron chi connectivity index (χ2n) is 9.27. The van der Waals surface area contributed by atoms with E-state index in [-0.39, 0.29) is 18.1 Å². The highest BCUT2D eigenvalue weighted by Crippen LogP contribution is 2.33. The van der Waals surface area contributed by atoms with Gasteiger partial charge in [-0.15, -0.1) is 0 Å². The molecule has 1 aliphatic rings. The van der Waals surface area contributed by atoms with Crippen LogP contribution >= 0.6 is 0 Å². The molecule has 2 unspecified atom stereocenters. The van der Waals surface area contributed by atoms with E-state index in [4.69, 9.17) is 9.47 Å². The molecular formula is C23H37N5O4. The zero-order valence-electron chi connectivity index (χ0n) is 20.4. The Morgan fingerprint density at radius 2 is 1.94 bits per heavy atom. The topological polar surface area (TPSA) is 104 Å². The fourth-order valence-corrected chi connectivity index (χ4v) is 3.70. The van der Waals surface area contributed by atoms with Crippen molar-refractivity contribution in [2.45, 2.75) is 71.6 Å². The predicted octanol–water partition coefficient (Wildman–Crippen LogP) is 2.47. The minimum atomic E-state index is -0.786. The zero-order chi connectivity index (χ0) is 24.1. The molecule has 1 aromatic carbocycles. The summed E-state index contributed by atoms with van der Waals surface area (Å²) >= 11 is 0. The van der Waals surface area contributed by atoms with Crippen LogP contribution in [0.5, 0.6) is 0 Å². The summed E-state index contributed by atoms with van der Waals surface area (Å²) in [5.74, 6) is 0.450. The Labute approximate surface area is 190 Å². The first kappa shape index (κ1) is 25.5. The molecule has 0 saturated carbocycles. The fraction of sp³-hybridized carbons (Fsp3) is 0.609. The number of rotatable bonds is 5. The molecule has 1 fully saturated rings. The van der Waals surface area contributed by atoms with Gasteiger partial charge in [0.15, 0.2) is 5.96 Å². The van der Waals surface area contributed by atoms with Gasteiger partial charge in [0.05, 0.1) is 12.1 Å². The molecule has 1 aliphatic heterocycles. The number of benzene rings is 1. The second-order valence-corrected chi connectivity index (χ2v) is 9.27. The number of nitrogens with zero attached hydrogens (tertiary/aromatic N) is 2. The zero-order valence-corrected chi connectivity index (χ0v) is 20.4. The van der Waals surface area contributed by atoms with Gasteiger partial charge >= 0.3 is 6.09 Å². The molecule has 9 heteroatoms. The van der Waals surface area contributed by atoms with Gasteiger partial charge < -0.3 is 25.4 Å².